The van der Waals surface area contributed by atoms with Crippen molar-refractivity contribution in [3.63, 3.8) is 0 Å². The molecule has 2 aromatic rings. The second-order valence-corrected chi connectivity index (χ2v) is 7.07. The van der Waals surface area contributed by atoms with Crippen LogP contribution in [-0.4, -0.2) is 8.42 Å². The minimum Gasteiger partial charge on any atom is -0.455 e. The van der Waals surface area contributed by atoms with E-state index in [9.17, 15) is 8.42 Å². The van der Waals surface area contributed by atoms with Gasteiger partial charge in [-0.1, -0.05) is 23.2 Å². The van der Waals surface area contributed by atoms with Gasteiger partial charge in [-0.05, 0) is 52.3 Å². The van der Waals surface area contributed by atoms with Crippen molar-refractivity contribution in [2.24, 2.45) is 5.14 Å². The first-order valence-electron chi connectivity index (χ1n) is 5.22. The van der Waals surface area contributed by atoms with Crippen LogP contribution in [-0.2, 0) is 10.0 Å². The molecule has 2 N–H and O–H groups in total. The Balaban J connectivity index is 2.35. The highest BCUT2D eigenvalue weighted by molar-refractivity contribution is 9.10. The lowest BCUT2D eigenvalue weighted by atomic mass is 10.3. The fourth-order valence-electron chi connectivity index (χ4n) is 1.42. The highest BCUT2D eigenvalue weighted by Crippen LogP contribution is 2.35. The highest BCUT2D eigenvalue weighted by atomic mass is 79.9. The second-order valence-electron chi connectivity index (χ2n) is 3.81. The number of rotatable bonds is 3. The van der Waals surface area contributed by atoms with E-state index >= 15 is 0 Å². The Labute approximate surface area is 134 Å². The average Bonchev–Trinajstić information content (AvgIpc) is 2.33. The smallest absolute Gasteiger partial charge is 0.238 e. The summed E-state index contributed by atoms with van der Waals surface area (Å²) >= 11 is 15.0. The zero-order valence-electron chi connectivity index (χ0n) is 9.81. The maximum absolute atomic E-state index is 11.2. The molecule has 0 aromatic heterocycles. The SMILES string of the molecule is NS(=O)(=O)c1ccc(Oc2ccc(Cl)cc2Cl)c(Br)c1. The van der Waals surface area contributed by atoms with Gasteiger partial charge in [0.25, 0.3) is 0 Å². The Kier molecular flexibility index (Phi) is 4.61. The van der Waals surface area contributed by atoms with Crippen LogP contribution in [0.3, 0.4) is 0 Å². The van der Waals surface area contributed by atoms with Crippen molar-refractivity contribution in [2.45, 2.75) is 4.90 Å². The van der Waals surface area contributed by atoms with Gasteiger partial charge in [0, 0.05) is 5.02 Å². The van der Waals surface area contributed by atoms with Crippen molar-refractivity contribution in [1.29, 1.82) is 0 Å². The molecule has 4 nitrogen and oxygen atoms in total. The summed E-state index contributed by atoms with van der Waals surface area (Å²) in [5.74, 6) is 0.807. The van der Waals surface area contributed by atoms with E-state index in [1.807, 2.05) is 0 Å². The van der Waals surface area contributed by atoms with E-state index in [4.69, 9.17) is 33.1 Å². The van der Waals surface area contributed by atoms with Gasteiger partial charge in [-0.2, -0.15) is 0 Å². The number of primary sulfonamides is 1. The zero-order valence-corrected chi connectivity index (χ0v) is 13.7. The van der Waals surface area contributed by atoms with Gasteiger partial charge >= 0.3 is 0 Å². The molecule has 0 saturated heterocycles. The molecule has 2 rings (SSSR count). The van der Waals surface area contributed by atoms with Crippen LogP contribution >= 0.6 is 39.1 Å². The topological polar surface area (TPSA) is 69.4 Å². The van der Waals surface area contributed by atoms with Gasteiger partial charge in [-0.3, -0.25) is 0 Å². The van der Waals surface area contributed by atoms with E-state index in [0.717, 1.165) is 0 Å². The van der Waals surface area contributed by atoms with Crippen molar-refractivity contribution in [3.05, 3.63) is 50.9 Å². The van der Waals surface area contributed by atoms with Crippen LogP contribution in [0.15, 0.2) is 45.8 Å². The summed E-state index contributed by atoms with van der Waals surface area (Å²) in [7, 11) is -3.76. The Morgan fingerprint density at radius 1 is 1.05 bits per heavy atom. The first kappa shape index (κ1) is 15.6. The highest BCUT2D eigenvalue weighted by Gasteiger charge is 2.12. The molecule has 20 heavy (non-hydrogen) atoms. The standard InChI is InChI=1S/C12H8BrCl2NO3S/c13-9-6-8(20(16,17)18)2-4-11(9)19-12-3-1-7(14)5-10(12)15/h1-6H,(H2,16,17,18). The molecule has 0 heterocycles. The van der Waals surface area contributed by atoms with Crippen molar-refractivity contribution >= 4 is 49.2 Å². The maximum Gasteiger partial charge on any atom is 0.238 e. The number of ether oxygens (including phenoxy) is 1. The first-order valence-corrected chi connectivity index (χ1v) is 8.32. The van der Waals surface area contributed by atoms with Crippen molar-refractivity contribution in [2.75, 3.05) is 0 Å². The quantitative estimate of drug-likeness (QED) is 0.845. The van der Waals surface area contributed by atoms with Gasteiger partial charge in [0.2, 0.25) is 10.0 Å². The van der Waals surface area contributed by atoms with E-state index in [-0.39, 0.29) is 4.90 Å². The van der Waals surface area contributed by atoms with Gasteiger partial charge in [0.1, 0.15) is 11.5 Å². The van der Waals surface area contributed by atoms with Crippen LogP contribution < -0.4 is 9.88 Å². The lowest BCUT2D eigenvalue weighted by Gasteiger charge is -2.10. The van der Waals surface area contributed by atoms with E-state index in [2.05, 4.69) is 15.9 Å². The molecule has 0 spiro atoms. The number of hydrogen-bond acceptors (Lipinski definition) is 3. The summed E-state index contributed by atoms with van der Waals surface area (Å²) in [6.45, 7) is 0. The van der Waals surface area contributed by atoms with E-state index in [1.165, 1.54) is 18.2 Å². The Morgan fingerprint density at radius 2 is 1.70 bits per heavy atom. The molecule has 0 amide bonds. The predicted molar refractivity (Wildman–Crippen MR) is 82.1 cm³/mol. The van der Waals surface area contributed by atoms with Gasteiger partial charge in [0.05, 0.1) is 14.4 Å². The molecule has 0 saturated carbocycles. The van der Waals surface area contributed by atoms with Gasteiger partial charge in [-0.25, -0.2) is 13.6 Å². The Morgan fingerprint density at radius 3 is 2.25 bits per heavy atom. The van der Waals surface area contributed by atoms with E-state index in [1.54, 1.807) is 18.2 Å². The summed E-state index contributed by atoms with van der Waals surface area (Å²) in [5.41, 5.74) is 0. The second kappa shape index (κ2) is 5.91. The number of sulfonamides is 1. The van der Waals surface area contributed by atoms with Crippen LogP contribution in [0.1, 0.15) is 0 Å². The molecule has 0 atom stereocenters. The maximum atomic E-state index is 11.2. The summed E-state index contributed by atoms with van der Waals surface area (Å²) in [6.07, 6.45) is 0. The molecule has 0 fully saturated rings. The predicted octanol–water partition coefficient (Wildman–Crippen LogP) is 4.20. The number of nitrogens with two attached hydrogens (primary N) is 1. The third-order valence-electron chi connectivity index (χ3n) is 2.35. The molecule has 0 aliphatic carbocycles. The lowest BCUT2D eigenvalue weighted by molar-refractivity contribution is 0.479. The number of benzene rings is 2. The molecule has 0 unspecified atom stereocenters. The summed E-state index contributed by atoms with van der Waals surface area (Å²) < 4.78 is 28.5. The molecular weight excluding hydrogens is 389 g/mol. The van der Waals surface area contributed by atoms with E-state index in [0.29, 0.717) is 26.0 Å². The zero-order chi connectivity index (χ0) is 14.9. The first-order chi connectivity index (χ1) is 9.27. The van der Waals surface area contributed by atoms with E-state index < -0.39 is 10.0 Å². The minimum absolute atomic E-state index is 0.0149. The molecule has 106 valence electrons. The fraction of sp³-hybridized carbons (Fsp3) is 0. The largest absolute Gasteiger partial charge is 0.455 e. The van der Waals surface area contributed by atoms with Gasteiger partial charge < -0.3 is 4.74 Å². The fourth-order valence-corrected chi connectivity index (χ4v) is 3.02. The van der Waals surface area contributed by atoms with Crippen LogP contribution in [0.4, 0.5) is 0 Å². The Hall–Kier alpha value is -0.790. The molecule has 2 aromatic carbocycles. The van der Waals surface area contributed by atoms with Gasteiger partial charge in [-0.15, -0.1) is 0 Å². The lowest BCUT2D eigenvalue weighted by Crippen LogP contribution is -2.11. The minimum atomic E-state index is -3.76. The van der Waals surface area contributed by atoms with Crippen molar-refractivity contribution in [1.82, 2.24) is 0 Å². The van der Waals surface area contributed by atoms with Crippen LogP contribution in [0.25, 0.3) is 0 Å². The van der Waals surface area contributed by atoms with Crippen molar-refractivity contribution in [3.8, 4) is 11.5 Å². The molecule has 0 aliphatic heterocycles. The monoisotopic (exact) mass is 395 g/mol. The Bertz CT molecular complexity index is 765. The van der Waals surface area contributed by atoms with Crippen LogP contribution in [0.5, 0.6) is 11.5 Å². The van der Waals surface area contributed by atoms with Crippen LogP contribution in [0.2, 0.25) is 10.0 Å². The third-order valence-corrected chi connectivity index (χ3v) is 4.41. The molecule has 8 heteroatoms. The summed E-state index contributed by atoms with van der Waals surface area (Å²) in [5, 5.41) is 5.88. The summed E-state index contributed by atoms with van der Waals surface area (Å²) in [6, 6.07) is 8.98. The summed E-state index contributed by atoms with van der Waals surface area (Å²) in [4.78, 5) is -0.0149. The average molecular weight is 397 g/mol. The van der Waals surface area contributed by atoms with Gasteiger partial charge in [0.15, 0.2) is 0 Å². The number of hydrogen-bond donors (Lipinski definition) is 1. The normalized spacial score (nSPS) is 11.4. The molecule has 0 radical (unpaired) electrons. The molecule has 0 bridgehead atoms. The number of halogens is 3. The van der Waals surface area contributed by atoms with Crippen molar-refractivity contribution < 1.29 is 13.2 Å². The third kappa shape index (κ3) is 3.65. The molecular formula is C12H8BrCl2NO3S. The van der Waals surface area contributed by atoms with Crippen LogP contribution in [0, 0.1) is 0 Å². The molecule has 0 aliphatic rings.